The Morgan fingerprint density at radius 1 is 1.37 bits per heavy atom. The van der Waals surface area contributed by atoms with Crippen molar-refractivity contribution in [3.8, 4) is 5.75 Å². The maximum Gasteiger partial charge on any atom is 0.122 e. The standard InChI is InChI=1S/C16H23NO2/c1-2-7-17-16(14-5-8-18-11-14)13-3-4-15-12(10-13)6-9-19-15/h3-4,10,14,16-17H,2,5-9,11H2,1H3. The lowest BCUT2D eigenvalue weighted by Gasteiger charge is -2.24. The van der Waals surface area contributed by atoms with E-state index in [1.165, 1.54) is 11.1 Å². The SMILES string of the molecule is CCCNC(c1ccc2c(c1)CCO2)C1CCOC1. The molecule has 1 saturated heterocycles. The Hall–Kier alpha value is -1.06. The minimum atomic E-state index is 0.424. The van der Waals surface area contributed by atoms with Gasteiger partial charge in [-0.1, -0.05) is 19.1 Å². The molecular formula is C16H23NO2. The molecule has 3 nitrogen and oxygen atoms in total. The van der Waals surface area contributed by atoms with Gasteiger partial charge in [-0.3, -0.25) is 0 Å². The Bertz CT molecular complexity index is 427. The lowest BCUT2D eigenvalue weighted by molar-refractivity contribution is 0.176. The van der Waals surface area contributed by atoms with Crippen molar-refractivity contribution in [2.75, 3.05) is 26.4 Å². The van der Waals surface area contributed by atoms with Crippen LogP contribution in [0.3, 0.4) is 0 Å². The summed E-state index contributed by atoms with van der Waals surface area (Å²) in [5.41, 5.74) is 2.76. The van der Waals surface area contributed by atoms with Crippen LogP contribution in [0, 0.1) is 5.92 Å². The highest BCUT2D eigenvalue weighted by Crippen LogP contribution is 2.33. The van der Waals surface area contributed by atoms with Crippen molar-refractivity contribution in [1.82, 2.24) is 5.32 Å². The molecule has 0 aliphatic carbocycles. The van der Waals surface area contributed by atoms with Crippen LogP contribution in [0.2, 0.25) is 0 Å². The van der Waals surface area contributed by atoms with E-state index in [0.717, 1.165) is 51.4 Å². The molecule has 1 aromatic carbocycles. The van der Waals surface area contributed by atoms with Gasteiger partial charge in [-0.05, 0) is 36.6 Å². The molecule has 1 aromatic rings. The van der Waals surface area contributed by atoms with Crippen molar-refractivity contribution >= 4 is 0 Å². The van der Waals surface area contributed by atoms with E-state index in [2.05, 4.69) is 30.4 Å². The van der Waals surface area contributed by atoms with E-state index in [9.17, 15) is 0 Å². The molecule has 3 rings (SSSR count). The summed E-state index contributed by atoms with van der Waals surface area (Å²) >= 11 is 0. The maximum atomic E-state index is 5.59. The number of hydrogen-bond acceptors (Lipinski definition) is 3. The molecule has 104 valence electrons. The topological polar surface area (TPSA) is 30.5 Å². The summed E-state index contributed by atoms with van der Waals surface area (Å²) in [6, 6.07) is 7.10. The van der Waals surface area contributed by atoms with Gasteiger partial charge in [0.05, 0.1) is 13.2 Å². The van der Waals surface area contributed by atoms with Crippen LogP contribution in [0.15, 0.2) is 18.2 Å². The zero-order valence-corrected chi connectivity index (χ0v) is 11.7. The van der Waals surface area contributed by atoms with E-state index in [4.69, 9.17) is 9.47 Å². The molecule has 1 N–H and O–H groups in total. The molecule has 2 atom stereocenters. The first kappa shape index (κ1) is 12.9. The van der Waals surface area contributed by atoms with Crippen molar-refractivity contribution < 1.29 is 9.47 Å². The number of ether oxygens (including phenoxy) is 2. The van der Waals surface area contributed by atoms with Crippen LogP contribution >= 0.6 is 0 Å². The second-order valence-electron chi connectivity index (χ2n) is 5.52. The molecule has 2 unspecified atom stereocenters. The quantitative estimate of drug-likeness (QED) is 0.884. The first-order chi connectivity index (χ1) is 9.38. The van der Waals surface area contributed by atoms with Gasteiger partial charge in [0.2, 0.25) is 0 Å². The van der Waals surface area contributed by atoms with Crippen LogP contribution in [0.4, 0.5) is 0 Å². The Labute approximate surface area is 115 Å². The maximum absolute atomic E-state index is 5.59. The number of nitrogens with one attached hydrogen (secondary N) is 1. The van der Waals surface area contributed by atoms with E-state index in [-0.39, 0.29) is 0 Å². The van der Waals surface area contributed by atoms with Gasteiger partial charge in [-0.15, -0.1) is 0 Å². The van der Waals surface area contributed by atoms with Crippen LogP contribution in [-0.2, 0) is 11.2 Å². The highest BCUT2D eigenvalue weighted by Gasteiger charge is 2.27. The average Bonchev–Trinajstić information content (AvgIpc) is 3.09. The van der Waals surface area contributed by atoms with E-state index in [0.29, 0.717) is 12.0 Å². The average molecular weight is 261 g/mol. The lowest BCUT2D eigenvalue weighted by atomic mass is 9.91. The van der Waals surface area contributed by atoms with Crippen LogP contribution < -0.4 is 10.1 Å². The fourth-order valence-corrected chi connectivity index (χ4v) is 3.07. The molecule has 3 heteroatoms. The number of rotatable bonds is 5. The summed E-state index contributed by atoms with van der Waals surface area (Å²) < 4.78 is 11.2. The van der Waals surface area contributed by atoms with E-state index >= 15 is 0 Å². The minimum Gasteiger partial charge on any atom is -0.493 e. The third-order valence-corrected chi connectivity index (χ3v) is 4.12. The third kappa shape index (κ3) is 2.77. The summed E-state index contributed by atoms with van der Waals surface area (Å²) in [5, 5.41) is 3.70. The van der Waals surface area contributed by atoms with Crippen LogP contribution in [-0.4, -0.2) is 26.4 Å². The highest BCUT2D eigenvalue weighted by molar-refractivity contribution is 5.41. The van der Waals surface area contributed by atoms with Crippen molar-refractivity contribution in [1.29, 1.82) is 0 Å². The number of hydrogen-bond donors (Lipinski definition) is 1. The predicted molar refractivity (Wildman–Crippen MR) is 75.6 cm³/mol. The molecule has 0 spiro atoms. The monoisotopic (exact) mass is 261 g/mol. The van der Waals surface area contributed by atoms with Crippen molar-refractivity contribution in [3.05, 3.63) is 29.3 Å². The molecule has 2 aliphatic rings. The van der Waals surface area contributed by atoms with Gasteiger partial charge in [-0.2, -0.15) is 0 Å². The molecular weight excluding hydrogens is 238 g/mol. The number of fused-ring (bicyclic) bond motifs is 1. The molecule has 1 fully saturated rings. The Morgan fingerprint density at radius 3 is 3.11 bits per heavy atom. The van der Waals surface area contributed by atoms with Crippen molar-refractivity contribution in [2.24, 2.45) is 5.92 Å². The molecule has 0 aromatic heterocycles. The van der Waals surface area contributed by atoms with Crippen LogP contribution in [0.5, 0.6) is 5.75 Å². The van der Waals surface area contributed by atoms with Gasteiger partial charge >= 0.3 is 0 Å². The summed E-state index contributed by atoms with van der Waals surface area (Å²) in [4.78, 5) is 0. The second-order valence-corrected chi connectivity index (χ2v) is 5.52. The fraction of sp³-hybridized carbons (Fsp3) is 0.625. The van der Waals surface area contributed by atoms with Crippen molar-refractivity contribution in [2.45, 2.75) is 32.2 Å². The molecule has 0 saturated carbocycles. The van der Waals surface area contributed by atoms with E-state index in [1.54, 1.807) is 0 Å². The zero-order valence-electron chi connectivity index (χ0n) is 11.7. The van der Waals surface area contributed by atoms with Gasteiger partial charge in [0.25, 0.3) is 0 Å². The molecule has 19 heavy (non-hydrogen) atoms. The Kier molecular flexibility index (Phi) is 4.04. The third-order valence-electron chi connectivity index (χ3n) is 4.12. The van der Waals surface area contributed by atoms with Gasteiger partial charge in [-0.25, -0.2) is 0 Å². The largest absolute Gasteiger partial charge is 0.493 e. The van der Waals surface area contributed by atoms with Gasteiger partial charge < -0.3 is 14.8 Å². The molecule has 0 bridgehead atoms. The summed E-state index contributed by atoms with van der Waals surface area (Å²) in [6.45, 7) is 5.90. The van der Waals surface area contributed by atoms with Crippen LogP contribution in [0.25, 0.3) is 0 Å². The molecule has 2 aliphatic heterocycles. The summed E-state index contributed by atoms with van der Waals surface area (Å²) in [5.74, 6) is 1.67. The normalized spacial score (nSPS) is 23.1. The van der Waals surface area contributed by atoms with Crippen molar-refractivity contribution in [3.63, 3.8) is 0 Å². The van der Waals surface area contributed by atoms with Gasteiger partial charge in [0, 0.05) is 25.0 Å². The molecule has 2 heterocycles. The van der Waals surface area contributed by atoms with Gasteiger partial charge in [0.1, 0.15) is 5.75 Å². The van der Waals surface area contributed by atoms with E-state index in [1.807, 2.05) is 0 Å². The number of benzene rings is 1. The smallest absolute Gasteiger partial charge is 0.122 e. The highest BCUT2D eigenvalue weighted by atomic mass is 16.5. The lowest BCUT2D eigenvalue weighted by Crippen LogP contribution is -2.29. The molecule has 0 radical (unpaired) electrons. The first-order valence-corrected chi connectivity index (χ1v) is 7.45. The predicted octanol–water partition coefficient (Wildman–Crippen LogP) is 2.70. The molecule has 0 amide bonds. The van der Waals surface area contributed by atoms with Crippen LogP contribution in [0.1, 0.15) is 36.9 Å². The Morgan fingerprint density at radius 2 is 2.32 bits per heavy atom. The summed E-state index contributed by atoms with van der Waals surface area (Å²) in [6.07, 6.45) is 3.37. The van der Waals surface area contributed by atoms with E-state index < -0.39 is 0 Å². The van der Waals surface area contributed by atoms with Gasteiger partial charge in [0.15, 0.2) is 0 Å². The fourth-order valence-electron chi connectivity index (χ4n) is 3.07. The Balaban J connectivity index is 1.81. The summed E-state index contributed by atoms with van der Waals surface area (Å²) in [7, 11) is 0. The minimum absolute atomic E-state index is 0.424. The zero-order chi connectivity index (χ0) is 13.1. The second kappa shape index (κ2) is 5.93. The first-order valence-electron chi connectivity index (χ1n) is 7.45.